The topological polar surface area (TPSA) is 35.2 Å². The second-order valence-corrected chi connectivity index (χ2v) is 4.37. The molecule has 0 aromatic heterocycles. The lowest BCUT2D eigenvalue weighted by molar-refractivity contribution is 0.218. The second-order valence-electron chi connectivity index (χ2n) is 3.20. The van der Waals surface area contributed by atoms with Gasteiger partial charge in [-0.25, -0.2) is 0 Å². The molecule has 1 aromatic carbocycles. The van der Waals surface area contributed by atoms with Crippen LogP contribution in [0.15, 0.2) is 29.2 Å². The summed E-state index contributed by atoms with van der Waals surface area (Å²) in [5.74, 6) is 0.985. The quantitative estimate of drug-likeness (QED) is 0.600. The first-order valence-corrected chi connectivity index (χ1v) is 5.70. The van der Waals surface area contributed by atoms with Crippen molar-refractivity contribution in [3.8, 4) is 0 Å². The van der Waals surface area contributed by atoms with Crippen molar-refractivity contribution in [2.45, 2.75) is 17.9 Å². The summed E-state index contributed by atoms with van der Waals surface area (Å²) in [5, 5.41) is 0. The molecule has 0 aliphatic rings. The maximum atomic E-state index is 5.80. The monoisotopic (exact) mass is 211 g/mol. The lowest BCUT2D eigenvalue weighted by Gasteiger charge is -2.07. The van der Waals surface area contributed by atoms with E-state index in [-0.39, 0.29) is 6.04 Å². The summed E-state index contributed by atoms with van der Waals surface area (Å²) in [5.41, 5.74) is 6.99. The van der Waals surface area contributed by atoms with E-state index in [0.29, 0.717) is 0 Å². The van der Waals surface area contributed by atoms with Gasteiger partial charge in [0.25, 0.3) is 0 Å². The van der Waals surface area contributed by atoms with Crippen LogP contribution in [0.4, 0.5) is 0 Å². The number of hydrogen-bond acceptors (Lipinski definition) is 3. The number of nitrogens with two attached hydrogens (primary N) is 1. The number of thioether (sulfide) groups is 1. The van der Waals surface area contributed by atoms with E-state index in [1.165, 1.54) is 10.5 Å². The zero-order valence-corrected chi connectivity index (χ0v) is 9.51. The van der Waals surface area contributed by atoms with E-state index in [1.807, 2.05) is 13.0 Å². The van der Waals surface area contributed by atoms with Crippen LogP contribution in [0, 0.1) is 0 Å². The highest BCUT2D eigenvalue weighted by atomic mass is 32.2. The molecule has 0 amide bonds. The molecule has 0 heterocycles. The van der Waals surface area contributed by atoms with E-state index in [1.54, 1.807) is 18.9 Å². The number of benzene rings is 1. The average molecular weight is 211 g/mol. The van der Waals surface area contributed by atoms with Crippen LogP contribution in [0.5, 0.6) is 0 Å². The van der Waals surface area contributed by atoms with E-state index < -0.39 is 0 Å². The van der Waals surface area contributed by atoms with E-state index in [9.17, 15) is 0 Å². The van der Waals surface area contributed by atoms with Crippen LogP contribution in [-0.4, -0.2) is 19.5 Å². The number of methoxy groups -OCH3 is 1. The van der Waals surface area contributed by atoms with Gasteiger partial charge in [0.1, 0.15) is 0 Å². The van der Waals surface area contributed by atoms with Gasteiger partial charge < -0.3 is 10.5 Å². The Kier molecular flexibility index (Phi) is 5.01. The third kappa shape index (κ3) is 3.70. The number of rotatable bonds is 5. The van der Waals surface area contributed by atoms with Crippen molar-refractivity contribution < 1.29 is 4.74 Å². The Morgan fingerprint density at radius 1 is 1.50 bits per heavy atom. The molecule has 3 heteroatoms. The Hall–Kier alpha value is -0.510. The molecular formula is C11H17NOS. The first kappa shape index (κ1) is 11.6. The van der Waals surface area contributed by atoms with E-state index in [0.717, 1.165) is 12.4 Å². The number of ether oxygens (including phenoxy) is 1. The van der Waals surface area contributed by atoms with E-state index >= 15 is 0 Å². The van der Waals surface area contributed by atoms with Gasteiger partial charge >= 0.3 is 0 Å². The highest BCUT2D eigenvalue weighted by Crippen LogP contribution is 2.21. The lowest BCUT2D eigenvalue weighted by Crippen LogP contribution is -2.04. The minimum atomic E-state index is 0.109. The van der Waals surface area contributed by atoms with Crippen LogP contribution in [0.1, 0.15) is 18.5 Å². The van der Waals surface area contributed by atoms with Gasteiger partial charge in [-0.05, 0) is 24.6 Å². The van der Waals surface area contributed by atoms with Crippen LogP contribution in [0.25, 0.3) is 0 Å². The third-order valence-electron chi connectivity index (χ3n) is 1.94. The molecule has 0 aliphatic heterocycles. The molecule has 0 bridgehead atoms. The minimum Gasteiger partial charge on any atom is -0.384 e. The molecule has 0 radical (unpaired) electrons. The van der Waals surface area contributed by atoms with Gasteiger partial charge in [-0.15, -0.1) is 11.8 Å². The Morgan fingerprint density at radius 2 is 2.29 bits per heavy atom. The standard InChI is InChI=1S/C11H17NOS/c1-9(12)10-4-3-5-11(8-10)14-7-6-13-2/h3-5,8-9H,6-7,12H2,1-2H3. The summed E-state index contributed by atoms with van der Waals surface area (Å²) in [4.78, 5) is 1.26. The lowest BCUT2D eigenvalue weighted by atomic mass is 10.1. The van der Waals surface area contributed by atoms with Crippen molar-refractivity contribution in [1.29, 1.82) is 0 Å². The Labute approximate surface area is 89.8 Å². The molecular weight excluding hydrogens is 194 g/mol. The fourth-order valence-corrected chi connectivity index (χ4v) is 2.01. The van der Waals surface area contributed by atoms with Crippen LogP contribution in [0.2, 0.25) is 0 Å². The fraction of sp³-hybridized carbons (Fsp3) is 0.455. The molecule has 1 unspecified atom stereocenters. The Bertz CT molecular complexity index is 276. The van der Waals surface area contributed by atoms with Crippen LogP contribution in [0.3, 0.4) is 0 Å². The van der Waals surface area contributed by atoms with Crippen LogP contribution >= 0.6 is 11.8 Å². The van der Waals surface area contributed by atoms with Crippen molar-refractivity contribution in [1.82, 2.24) is 0 Å². The van der Waals surface area contributed by atoms with Crippen molar-refractivity contribution in [2.75, 3.05) is 19.5 Å². The molecule has 78 valence electrons. The molecule has 0 aliphatic carbocycles. The summed E-state index contributed by atoms with van der Waals surface area (Å²) in [6.45, 7) is 2.78. The molecule has 1 rings (SSSR count). The van der Waals surface area contributed by atoms with E-state index in [2.05, 4.69) is 18.2 Å². The largest absolute Gasteiger partial charge is 0.384 e. The first-order valence-electron chi connectivity index (χ1n) is 4.71. The Morgan fingerprint density at radius 3 is 2.93 bits per heavy atom. The molecule has 1 atom stereocenters. The molecule has 0 spiro atoms. The fourth-order valence-electron chi connectivity index (χ4n) is 1.13. The summed E-state index contributed by atoms with van der Waals surface area (Å²) >= 11 is 1.80. The Balaban J connectivity index is 2.55. The maximum Gasteiger partial charge on any atom is 0.0556 e. The maximum absolute atomic E-state index is 5.80. The van der Waals surface area contributed by atoms with Gasteiger partial charge in [0.05, 0.1) is 6.61 Å². The molecule has 14 heavy (non-hydrogen) atoms. The van der Waals surface area contributed by atoms with Crippen molar-refractivity contribution in [2.24, 2.45) is 5.73 Å². The van der Waals surface area contributed by atoms with Gasteiger partial charge in [-0.3, -0.25) is 0 Å². The zero-order chi connectivity index (χ0) is 10.4. The predicted molar refractivity (Wildman–Crippen MR) is 61.6 cm³/mol. The van der Waals surface area contributed by atoms with Gasteiger partial charge in [0, 0.05) is 23.8 Å². The molecule has 0 saturated carbocycles. The SMILES string of the molecule is COCCSc1cccc(C(C)N)c1. The van der Waals surface area contributed by atoms with Gasteiger partial charge in [-0.2, -0.15) is 0 Å². The number of hydrogen-bond donors (Lipinski definition) is 1. The molecule has 2 N–H and O–H groups in total. The van der Waals surface area contributed by atoms with Gasteiger partial charge in [0.2, 0.25) is 0 Å². The van der Waals surface area contributed by atoms with E-state index in [4.69, 9.17) is 10.5 Å². The molecule has 1 aromatic rings. The minimum absolute atomic E-state index is 0.109. The smallest absolute Gasteiger partial charge is 0.0556 e. The van der Waals surface area contributed by atoms with Crippen molar-refractivity contribution >= 4 is 11.8 Å². The van der Waals surface area contributed by atoms with Gasteiger partial charge in [0.15, 0.2) is 0 Å². The second kappa shape index (κ2) is 6.06. The third-order valence-corrected chi connectivity index (χ3v) is 2.90. The summed E-state index contributed by atoms with van der Waals surface area (Å²) < 4.78 is 5.00. The highest BCUT2D eigenvalue weighted by Gasteiger charge is 2.00. The van der Waals surface area contributed by atoms with Crippen molar-refractivity contribution in [3.05, 3.63) is 29.8 Å². The molecule has 2 nitrogen and oxygen atoms in total. The zero-order valence-electron chi connectivity index (χ0n) is 8.69. The normalized spacial score (nSPS) is 12.8. The predicted octanol–water partition coefficient (Wildman–Crippen LogP) is 2.44. The summed E-state index contributed by atoms with van der Waals surface area (Å²) in [6.07, 6.45) is 0. The first-order chi connectivity index (χ1) is 6.74. The van der Waals surface area contributed by atoms with Crippen LogP contribution in [-0.2, 0) is 4.74 Å². The highest BCUT2D eigenvalue weighted by molar-refractivity contribution is 7.99. The average Bonchev–Trinajstić information content (AvgIpc) is 2.19. The molecule has 0 saturated heterocycles. The molecule has 0 fully saturated rings. The van der Waals surface area contributed by atoms with Gasteiger partial charge in [-0.1, -0.05) is 12.1 Å². The summed E-state index contributed by atoms with van der Waals surface area (Å²) in [6, 6.07) is 8.47. The summed E-state index contributed by atoms with van der Waals surface area (Å²) in [7, 11) is 1.72. The van der Waals surface area contributed by atoms with Crippen molar-refractivity contribution in [3.63, 3.8) is 0 Å². The van der Waals surface area contributed by atoms with Crippen LogP contribution < -0.4 is 5.73 Å².